The summed E-state index contributed by atoms with van der Waals surface area (Å²) in [6.45, 7) is 1.04. The summed E-state index contributed by atoms with van der Waals surface area (Å²) in [5, 5.41) is 2.79. The third-order valence-corrected chi connectivity index (χ3v) is 6.99. The van der Waals surface area contributed by atoms with E-state index >= 15 is 0 Å². The fourth-order valence-electron chi connectivity index (χ4n) is 3.63. The molecule has 1 amide bonds. The quantitative estimate of drug-likeness (QED) is 0.831. The zero-order valence-corrected chi connectivity index (χ0v) is 15.5. The van der Waals surface area contributed by atoms with E-state index in [1.54, 1.807) is 7.11 Å². The highest BCUT2D eigenvalue weighted by atomic mass is 32.2. The number of hydrogen-bond donors (Lipinski definition) is 1. The van der Waals surface area contributed by atoms with Crippen LogP contribution in [0.5, 0.6) is 5.75 Å². The molecule has 1 N–H and O–H groups in total. The van der Waals surface area contributed by atoms with Crippen molar-refractivity contribution in [3.05, 3.63) is 29.3 Å². The first-order valence-electron chi connectivity index (χ1n) is 8.91. The predicted molar refractivity (Wildman–Crippen MR) is 95.9 cm³/mol. The first kappa shape index (κ1) is 18.2. The third-order valence-electron chi connectivity index (χ3n) is 5.17. The molecule has 25 heavy (non-hydrogen) atoms. The fraction of sp³-hybridized carbons (Fsp3) is 0.611. The highest BCUT2D eigenvalue weighted by molar-refractivity contribution is 7.89. The number of fused-ring (bicyclic) bond motifs is 1. The summed E-state index contributed by atoms with van der Waals surface area (Å²) in [6.07, 6.45) is 4.71. The highest BCUT2D eigenvalue weighted by Gasteiger charge is 2.27. The Morgan fingerprint density at radius 1 is 1.28 bits per heavy atom. The van der Waals surface area contributed by atoms with Crippen LogP contribution < -0.4 is 10.1 Å². The lowest BCUT2D eigenvalue weighted by molar-refractivity contribution is -0.124. The largest absolute Gasteiger partial charge is 0.497 e. The van der Waals surface area contributed by atoms with Crippen molar-refractivity contribution in [1.82, 2.24) is 9.62 Å². The summed E-state index contributed by atoms with van der Waals surface area (Å²) >= 11 is 0. The molecular weight excluding hydrogens is 340 g/mol. The van der Waals surface area contributed by atoms with Crippen LogP contribution in [-0.4, -0.2) is 44.6 Å². The van der Waals surface area contributed by atoms with E-state index < -0.39 is 10.0 Å². The molecule has 1 heterocycles. The van der Waals surface area contributed by atoms with Gasteiger partial charge in [-0.25, -0.2) is 8.42 Å². The third kappa shape index (κ3) is 4.33. The highest BCUT2D eigenvalue weighted by Crippen LogP contribution is 2.26. The number of methoxy groups -OCH3 is 1. The van der Waals surface area contributed by atoms with Crippen molar-refractivity contribution in [2.45, 2.75) is 38.6 Å². The van der Waals surface area contributed by atoms with Gasteiger partial charge in [-0.2, -0.15) is 4.31 Å². The molecule has 0 aromatic heterocycles. The monoisotopic (exact) mass is 366 g/mol. The average Bonchev–Trinajstić information content (AvgIpc) is 3.15. The van der Waals surface area contributed by atoms with Crippen LogP contribution in [0, 0.1) is 5.92 Å². The second-order valence-electron chi connectivity index (χ2n) is 6.81. The van der Waals surface area contributed by atoms with Crippen molar-refractivity contribution in [2.75, 3.05) is 26.0 Å². The van der Waals surface area contributed by atoms with E-state index in [-0.39, 0.29) is 24.1 Å². The molecule has 1 aliphatic carbocycles. The van der Waals surface area contributed by atoms with Gasteiger partial charge in [-0.1, -0.05) is 18.9 Å². The van der Waals surface area contributed by atoms with E-state index in [2.05, 4.69) is 5.32 Å². The van der Waals surface area contributed by atoms with E-state index in [4.69, 9.17) is 4.74 Å². The van der Waals surface area contributed by atoms with Crippen LogP contribution in [-0.2, 0) is 27.8 Å². The smallest absolute Gasteiger partial charge is 0.223 e. The van der Waals surface area contributed by atoms with Crippen molar-refractivity contribution < 1.29 is 17.9 Å². The number of carbonyl (C=O) groups excluding carboxylic acids is 1. The number of hydrogen-bond acceptors (Lipinski definition) is 4. The zero-order chi connectivity index (χ0) is 17.9. The summed E-state index contributed by atoms with van der Waals surface area (Å²) in [7, 11) is -1.75. The Morgan fingerprint density at radius 3 is 2.76 bits per heavy atom. The molecule has 1 fully saturated rings. The molecule has 0 radical (unpaired) electrons. The fourth-order valence-corrected chi connectivity index (χ4v) is 4.96. The lowest BCUT2D eigenvalue weighted by Gasteiger charge is -2.28. The summed E-state index contributed by atoms with van der Waals surface area (Å²) in [5.74, 6) is 0.824. The van der Waals surface area contributed by atoms with Crippen LogP contribution >= 0.6 is 0 Å². The van der Waals surface area contributed by atoms with Gasteiger partial charge in [0.25, 0.3) is 0 Å². The van der Waals surface area contributed by atoms with Gasteiger partial charge in [0.15, 0.2) is 0 Å². The molecule has 0 spiro atoms. The zero-order valence-electron chi connectivity index (χ0n) is 14.7. The normalized spacial score (nSPS) is 18.8. The van der Waals surface area contributed by atoms with Gasteiger partial charge in [-0.15, -0.1) is 0 Å². The molecule has 7 heteroatoms. The Morgan fingerprint density at radius 2 is 2.04 bits per heavy atom. The molecule has 0 unspecified atom stereocenters. The van der Waals surface area contributed by atoms with E-state index in [1.165, 1.54) is 4.31 Å². The average molecular weight is 366 g/mol. The molecule has 1 saturated carbocycles. The van der Waals surface area contributed by atoms with E-state index in [9.17, 15) is 13.2 Å². The molecule has 6 nitrogen and oxygen atoms in total. The number of benzene rings is 1. The molecule has 1 aromatic rings. The van der Waals surface area contributed by atoms with Crippen LogP contribution in [0.15, 0.2) is 18.2 Å². The Kier molecular flexibility index (Phi) is 5.64. The summed E-state index contributed by atoms with van der Waals surface area (Å²) in [5.41, 5.74) is 2.16. The number of ether oxygens (including phenoxy) is 1. The number of nitrogens with one attached hydrogen (secondary N) is 1. The van der Waals surface area contributed by atoms with E-state index in [0.717, 1.165) is 42.6 Å². The van der Waals surface area contributed by atoms with E-state index in [1.807, 2.05) is 18.2 Å². The molecule has 0 bridgehead atoms. The maximum atomic E-state index is 12.6. The maximum absolute atomic E-state index is 12.6. The van der Waals surface area contributed by atoms with Crippen LogP contribution in [0.3, 0.4) is 0 Å². The number of sulfonamides is 1. The Balaban J connectivity index is 1.54. The Labute approximate surface area is 149 Å². The molecule has 0 atom stereocenters. The maximum Gasteiger partial charge on any atom is 0.223 e. The van der Waals surface area contributed by atoms with Gasteiger partial charge in [-0.05, 0) is 42.5 Å². The molecule has 138 valence electrons. The van der Waals surface area contributed by atoms with Crippen molar-refractivity contribution in [1.29, 1.82) is 0 Å². The van der Waals surface area contributed by atoms with Crippen molar-refractivity contribution in [3.63, 3.8) is 0 Å². The Hall–Kier alpha value is -1.60. The van der Waals surface area contributed by atoms with Gasteiger partial charge in [-0.3, -0.25) is 4.79 Å². The first-order chi connectivity index (χ1) is 12.0. The number of rotatable bonds is 6. The number of nitrogens with zero attached hydrogens (tertiary/aromatic N) is 1. The molecule has 2 aliphatic rings. The van der Waals surface area contributed by atoms with Gasteiger partial charge in [0.1, 0.15) is 5.75 Å². The minimum Gasteiger partial charge on any atom is -0.497 e. The van der Waals surface area contributed by atoms with Crippen molar-refractivity contribution >= 4 is 15.9 Å². The SMILES string of the molecule is COc1ccc2c(c1)CCN(S(=O)(=O)CCNC(=O)C1CCCC1)C2. The van der Waals surface area contributed by atoms with Crippen LogP contribution in [0.25, 0.3) is 0 Å². The lowest BCUT2D eigenvalue weighted by atomic mass is 10.0. The van der Waals surface area contributed by atoms with E-state index in [0.29, 0.717) is 19.5 Å². The van der Waals surface area contributed by atoms with Gasteiger partial charge in [0.2, 0.25) is 15.9 Å². The Bertz CT molecular complexity index is 727. The predicted octanol–water partition coefficient (Wildman–Crippen LogP) is 1.69. The molecule has 1 aromatic carbocycles. The topological polar surface area (TPSA) is 75.7 Å². The second kappa shape index (κ2) is 7.74. The first-order valence-corrected chi connectivity index (χ1v) is 10.5. The van der Waals surface area contributed by atoms with Crippen molar-refractivity contribution in [3.8, 4) is 5.75 Å². The van der Waals surface area contributed by atoms with Crippen LogP contribution in [0.1, 0.15) is 36.8 Å². The van der Waals surface area contributed by atoms with Crippen LogP contribution in [0.2, 0.25) is 0 Å². The molecular formula is C18H26N2O4S. The van der Waals surface area contributed by atoms with Gasteiger partial charge in [0.05, 0.1) is 12.9 Å². The van der Waals surface area contributed by atoms with Gasteiger partial charge < -0.3 is 10.1 Å². The van der Waals surface area contributed by atoms with Gasteiger partial charge in [0, 0.05) is 25.6 Å². The standard InChI is InChI=1S/C18H26N2O4S/c1-24-17-7-6-16-13-20(10-8-15(16)12-17)25(22,23)11-9-19-18(21)14-4-2-3-5-14/h6-7,12,14H,2-5,8-11,13H2,1H3,(H,19,21). The lowest BCUT2D eigenvalue weighted by Crippen LogP contribution is -2.41. The summed E-state index contributed by atoms with van der Waals surface area (Å²) in [4.78, 5) is 12.0. The molecule has 1 aliphatic heterocycles. The number of carbonyl (C=O) groups is 1. The van der Waals surface area contributed by atoms with Crippen LogP contribution in [0.4, 0.5) is 0 Å². The minimum atomic E-state index is -3.37. The molecule has 3 rings (SSSR count). The van der Waals surface area contributed by atoms with Gasteiger partial charge >= 0.3 is 0 Å². The number of amides is 1. The minimum absolute atomic E-state index is 0.00350. The molecule has 0 saturated heterocycles. The summed E-state index contributed by atoms with van der Waals surface area (Å²) in [6, 6.07) is 5.76. The second-order valence-corrected chi connectivity index (χ2v) is 8.90. The van der Waals surface area contributed by atoms with Crippen molar-refractivity contribution in [2.24, 2.45) is 5.92 Å². The summed E-state index contributed by atoms with van der Waals surface area (Å²) < 4.78 is 31.9.